The molecule has 2 amide bonds. The molecule has 0 unspecified atom stereocenters. The molecule has 2 atom stereocenters. The minimum Gasteiger partial charge on any atom is -0.442 e. The first kappa shape index (κ1) is 15.6. The van der Waals surface area contributed by atoms with Crippen LogP contribution in [0.5, 0.6) is 0 Å². The summed E-state index contributed by atoms with van der Waals surface area (Å²) in [5.74, 6) is -0.119. The number of nitrogens with one attached hydrogen (secondary N) is 1. The highest BCUT2D eigenvalue weighted by Gasteiger charge is 2.45. The maximum absolute atomic E-state index is 12.4. The number of rotatable bonds is 3. The molecule has 0 spiro atoms. The monoisotopic (exact) mass is 337 g/mol. The van der Waals surface area contributed by atoms with E-state index in [1.54, 1.807) is 11.1 Å². The van der Waals surface area contributed by atoms with E-state index in [1.165, 1.54) is 6.92 Å². The minimum atomic E-state index is -0.338. The Labute approximate surface area is 145 Å². The molecule has 1 aromatic carbocycles. The van der Waals surface area contributed by atoms with Crippen molar-refractivity contribution in [1.82, 2.24) is 10.3 Å². The molecule has 1 aromatic heterocycles. The maximum Gasteiger partial charge on any atom is 0.415 e. The van der Waals surface area contributed by atoms with Gasteiger partial charge in [-0.2, -0.15) is 0 Å². The van der Waals surface area contributed by atoms with Crippen LogP contribution in [0, 0.1) is 0 Å². The van der Waals surface area contributed by atoms with Crippen molar-refractivity contribution in [3.63, 3.8) is 0 Å². The van der Waals surface area contributed by atoms with Crippen LogP contribution in [0.15, 0.2) is 42.7 Å². The number of benzene rings is 1. The number of fused-ring (bicyclic) bond motifs is 3. The van der Waals surface area contributed by atoms with E-state index < -0.39 is 0 Å². The van der Waals surface area contributed by atoms with Crippen molar-refractivity contribution in [1.29, 1.82) is 0 Å². The summed E-state index contributed by atoms with van der Waals surface area (Å²) in [6.07, 6.45) is 4.64. The van der Waals surface area contributed by atoms with Gasteiger partial charge in [0.25, 0.3) is 0 Å². The zero-order valence-corrected chi connectivity index (χ0v) is 13.9. The number of ether oxygens (including phenoxy) is 1. The van der Waals surface area contributed by atoms with Crippen LogP contribution in [0.2, 0.25) is 0 Å². The summed E-state index contributed by atoms with van der Waals surface area (Å²) in [7, 11) is 0. The third-order valence-electron chi connectivity index (χ3n) is 4.81. The Morgan fingerprint density at radius 3 is 3.00 bits per heavy atom. The van der Waals surface area contributed by atoms with E-state index >= 15 is 0 Å². The molecule has 128 valence electrons. The summed E-state index contributed by atoms with van der Waals surface area (Å²) in [4.78, 5) is 29.4. The Morgan fingerprint density at radius 2 is 2.24 bits per heavy atom. The lowest BCUT2D eigenvalue weighted by atomic mass is 9.91. The molecule has 2 aliphatic rings. The molecule has 0 saturated carbocycles. The fraction of sp³-hybridized carbons (Fsp3) is 0.316. The smallest absolute Gasteiger partial charge is 0.415 e. The van der Waals surface area contributed by atoms with E-state index in [4.69, 9.17) is 4.74 Å². The Balaban J connectivity index is 1.62. The van der Waals surface area contributed by atoms with Gasteiger partial charge in [0, 0.05) is 19.3 Å². The predicted octanol–water partition coefficient (Wildman–Crippen LogP) is 2.52. The van der Waals surface area contributed by atoms with Crippen molar-refractivity contribution in [3.8, 4) is 11.1 Å². The van der Waals surface area contributed by atoms with Crippen LogP contribution < -0.4 is 10.2 Å². The summed E-state index contributed by atoms with van der Waals surface area (Å²) >= 11 is 0. The molecule has 0 aliphatic carbocycles. The fourth-order valence-corrected chi connectivity index (χ4v) is 3.62. The summed E-state index contributed by atoms with van der Waals surface area (Å²) in [6.45, 7) is 1.82. The largest absolute Gasteiger partial charge is 0.442 e. The Morgan fingerprint density at radius 1 is 1.36 bits per heavy atom. The highest BCUT2D eigenvalue weighted by atomic mass is 16.6. The van der Waals surface area contributed by atoms with Crippen LogP contribution in [0.1, 0.15) is 18.9 Å². The lowest BCUT2D eigenvalue weighted by Crippen LogP contribution is -2.44. The van der Waals surface area contributed by atoms with Crippen LogP contribution in [-0.4, -0.2) is 35.7 Å². The van der Waals surface area contributed by atoms with Gasteiger partial charge in [-0.1, -0.05) is 12.1 Å². The molecular formula is C19H19N3O3. The number of hydrogen-bond acceptors (Lipinski definition) is 4. The second-order valence-corrected chi connectivity index (χ2v) is 6.42. The molecule has 2 aromatic rings. The summed E-state index contributed by atoms with van der Waals surface area (Å²) < 4.78 is 5.49. The highest BCUT2D eigenvalue weighted by Crippen LogP contribution is 2.38. The normalized spacial score (nSPS) is 21.3. The SMILES string of the molecule is CC(=O)NC[C@@H]1OC(=O)N2c3ccc(-c4cccnc4)cc3CC[C@@H]12. The van der Waals surface area contributed by atoms with Gasteiger partial charge in [-0.25, -0.2) is 4.79 Å². The molecule has 3 heterocycles. The number of aromatic nitrogens is 1. The number of carbonyl (C=O) groups is 2. The van der Waals surface area contributed by atoms with Gasteiger partial charge in [-0.05, 0) is 47.7 Å². The molecule has 0 bridgehead atoms. The number of amides is 2. The van der Waals surface area contributed by atoms with E-state index in [9.17, 15) is 9.59 Å². The molecule has 1 fully saturated rings. The number of anilines is 1. The average molecular weight is 337 g/mol. The lowest BCUT2D eigenvalue weighted by molar-refractivity contribution is -0.119. The average Bonchev–Trinajstić information content (AvgIpc) is 2.96. The summed E-state index contributed by atoms with van der Waals surface area (Å²) in [5, 5.41) is 2.75. The number of nitrogens with zero attached hydrogens (tertiary/aromatic N) is 2. The molecule has 25 heavy (non-hydrogen) atoms. The zero-order chi connectivity index (χ0) is 17.4. The Bertz CT molecular complexity index is 822. The standard InChI is InChI=1S/C19H19N3O3/c1-12(23)21-11-18-17-7-5-14-9-13(15-3-2-8-20-10-15)4-6-16(14)22(17)19(24)25-18/h2-4,6,8-10,17-18H,5,7,11H2,1H3,(H,21,23)/t17-,18-/m0/s1. The highest BCUT2D eigenvalue weighted by molar-refractivity contribution is 5.93. The van der Waals surface area contributed by atoms with Gasteiger partial charge in [0.2, 0.25) is 5.91 Å². The molecule has 1 saturated heterocycles. The third kappa shape index (κ3) is 2.84. The first-order valence-electron chi connectivity index (χ1n) is 8.41. The molecule has 0 radical (unpaired) electrons. The Hall–Kier alpha value is -2.89. The second-order valence-electron chi connectivity index (χ2n) is 6.42. The number of cyclic esters (lactones) is 1. The quantitative estimate of drug-likeness (QED) is 0.934. The van der Waals surface area contributed by atoms with E-state index in [0.717, 1.165) is 35.2 Å². The first-order valence-corrected chi connectivity index (χ1v) is 8.41. The van der Waals surface area contributed by atoms with E-state index in [1.807, 2.05) is 30.5 Å². The van der Waals surface area contributed by atoms with E-state index in [-0.39, 0.29) is 24.1 Å². The molecule has 2 aliphatic heterocycles. The van der Waals surface area contributed by atoms with Gasteiger partial charge in [0.05, 0.1) is 18.3 Å². The minimum absolute atomic E-state index is 0.0314. The summed E-state index contributed by atoms with van der Waals surface area (Å²) in [5.41, 5.74) is 4.18. The molecular weight excluding hydrogens is 318 g/mol. The van der Waals surface area contributed by atoms with Gasteiger partial charge in [-0.3, -0.25) is 14.7 Å². The topological polar surface area (TPSA) is 71.5 Å². The van der Waals surface area contributed by atoms with Gasteiger partial charge in [0.15, 0.2) is 0 Å². The van der Waals surface area contributed by atoms with Crippen LogP contribution in [-0.2, 0) is 16.0 Å². The van der Waals surface area contributed by atoms with Crippen molar-refractivity contribution in [2.24, 2.45) is 0 Å². The number of carbonyl (C=O) groups excluding carboxylic acids is 2. The number of hydrogen-bond donors (Lipinski definition) is 1. The van der Waals surface area contributed by atoms with Crippen molar-refractivity contribution in [2.75, 3.05) is 11.4 Å². The van der Waals surface area contributed by atoms with Crippen molar-refractivity contribution < 1.29 is 14.3 Å². The van der Waals surface area contributed by atoms with Crippen LogP contribution in [0.4, 0.5) is 10.5 Å². The maximum atomic E-state index is 12.4. The van der Waals surface area contributed by atoms with Crippen molar-refractivity contribution >= 4 is 17.7 Å². The molecule has 6 nitrogen and oxygen atoms in total. The van der Waals surface area contributed by atoms with Gasteiger partial charge in [0.1, 0.15) is 6.10 Å². The third-order valence-corrected chi connectivity index (χ3v) is 4.81. The van der Waals surface area contributed by atoms with E-state index in [0.29, 0.717) is 6.54 Å². The number of pyridine rings is 1. The van der Waals surface area contributed by atoms with Crippen LogP contribution in [0.3, 0.4) is 0 Å². The fourth-order valence-electron chi connectivity index (χ4n) is 3.62. The Kier molecular flexibility index (Phi) is 3.87. The van der Waals surface area contributed by atoms with Crippen LogP contribution >= 0.6 is 0 Å². The van der Waals surface area contributed by atoms with Gasteiger partial charge in [-0.15, -0.1) is 0 Å². The molecule has 4 rings (SSSR count). The predicted molar refractivity (Wildman–Crippen MR) is 93.2 cm³/mol. The van der Waals surface area contributed by atoms with Gasteiger partial charge >= 0.3 is 6.09 Å². The summed E-state index contributed by atoms with van der Waals surface area (Å²) in [6, 6.07) is 10.0. The second kappa shape index (κ2) is 6.20. The van der Waals surface area contributed by atoms with Crippen molar-refractivity contribution in [3.05, 3.63) is 48.3 Å². The molecule has 6 heteroatoms. The molecule has 1 N–H and O–H groups in total. The van der Waals surface area contributed by atoms with E-state index in [2.05, 4.69) is 16.4 Å². The first-order chi connectivity index (χ1) is 12.1. The van der Waals surface area contributed by atoms with Gasteiger partial charge < -0.3 is 10.1 Å². The number of aryl methyl sites for hydroxylation is 1. The zero-order valence-electron chi connectivity index (χ0n) is 13.9. The van der Waals surface area contributed by atoms with Crippen LogP contribution in [0.25, 0.3) is 11.1 Å². The lowest BCUT2D eigenvalue weighted by Gasteiger charge is -2.31. The van der Waals surface area contributed by atoms with Crippen molar-refractivity contribution in [2.45, 2.75) is 31.9 Å².